The highest BCUT2D eigenvalue weighted by Gasteiger charge is 2.03. The molecule has 0 aliphatic heterocycles. The summed E-state index contributed by atoms with van der Waals surface area (Å²) in [7, 11) is -3.67. The maximum atomic E-state index is 9.19. The molecule has 0 saturated heterocycles. The second kappa shape index (κ2) is 9.31. The van der Waals surface area contributed by atoms with E-state index in [0.717, 1.165) is 23.8 Å². The summed E-state index contributed by atoms with van der Waals surface area (Å²) in [5, 5.41) is 6.47. The van der Waals surface area contributed by atoms with Gasteiger partial charge in [0.05, 0.1) is 11.9 Å². The van der Waals surface area contributed by atoms with Crippen molar-refractivity contribution in [3.63, 3.8) is 0 Å². The van der Waals surface area contributed by atoms with Gasteiger partial charge in [0.25, 0.3) is 10.1 Å². The first-order valence-electron chi connectivity index (χ1n) is 7.63. The summed E-state index contributed by atoms with van der Waals surface area (Å²) in [5.41, 5.74) is 3.55. The first-order valence-corrected chi connectivity index (χ1v) is 10.4. The minimum atomic E-state index is -3.67. The van der Waals surface area contributed by atoms with Crippen LogP contribution in [0.5, 0.6) is 0 Å². The van der Waals surface area contributed by atoms with E-state index in [2.05, 4.69) is 52.1 Å². The predicted molar refractivity (Wildman–Crippen MR) is 104 cm³/mol. The molecule has 0 spiro atoms. The number of nitrogens with zero attached hydrogens (tertiary/aromatic N) is 1. The third kappa shape index (κ3) is 7.93. The summed E-state index contributed by atoms with van der Waals surface area (Å²) in [6.07, 6.45) is 1.73. The molecule has 0 aliphatic rings. The molecule has 0 bridgehead atoms. The van der Waals surface area contributed by atoms with E-state index in [4.69, 9.17) is 4.55 Å². The molecule has 0 unspecified atom stereocenters. The minimum Gasteiger partial charge on any atom is -0.361 e. The van der Waals surface area contributed by atoms with Crippen LogP contribution < -0.4 is 5.32 Å². The molecule has 25 heavy (non-hydrogen) atoms. The monoisotopic (exact) mass is 376 g/mol. The molecule has 0 radical (unpaired) electrons. The van der Waals surface area contributed by atoms with Crippen LogP contribution in [0.25, 0.3) is 11.3 Å². The van der Waals surface area contributed by atoms with Gasteiger partial charge in [-0.3, -0.25) is 4.55 Å². The van der Waals surface area contributed by atoms with Crippen LogP contribution in [-0.4, -0.2) is 30.8 Å². The Hall–Kier alpha value is -2.22. The maximum Gasteiger partial charge on any atom is 0.261 e. The number of aromatic nitrogens is 1. The second-order valence-corrected chi connectivity index (χ2v) is 7.62. The van der Waals surface area contributed by atoms with Crippen molar-refractivity contribution in [1.82, 2.24) is 4.98 Å². The van der Waals surface area contributed by atoms with Crippen LogP contribution in [0.2, 0.25) is 0 Å². The molecule has 0 fully saturated rings. The van der Waals surface area contributed by atoms with Crippen LogP contribution >= 0.6 is 11.3 Å². The molecular weight excluding hydrogens is 356 g/mol. The lowest BCUT2D eigenvalue weighted by atomic mass is 10.1. The van der Waals surface area contributed by atoms with Crippen LogP contribution in [0.3, 0.4) is 0 Å². The minimum absolute atomic E-state index is 0.715. The molecule has 2 N–H and O–H groups in total. The van der Waals surface area contributed by atoms with Crippen molar-refractivity contribution in [3.05, 3.63) is 71.6 Å². The first kappa shape index (κ1) is 19.1. The summed E-state index contributed by atoms with van der Waals surface area (Å²) >= 11 is 1.66. The van der Waals surface area contributed by atoms with Gasteiger partial charge in [-0.1, -0.05) is 60.7 Å². The molecule has 5 nitrogen and oxygen atoms in total. The zero-order valence-corrected chi connectivity index (χ0v) is 15.4. The van der Waals surface area contributed by atoms with Crippen molar-refractivity contribution >= 4 is 26.6 Å². The highest BCUT2D eigenvalue weighted by molar-refractivity contribution is 7.85. The number of anilines is 1. The first-order chi connectivity index (χ1) is 11.9. The molecule has 0 saturated carbocycles. The maximum absolute atomic E-state index is 9.19. The van der Waals surface area contributed by atoms with Crippen LogP contribution in [0.4, 0.5) is 5.13 Å². The predicted octanol–water partition coefficient (Wildman–Crippen LogP) is 3.97. The normalized spacial score (nSPS) is 10.6. The fourth-order valence-corrected chi connectivity index (χ4v) is 2.80. The lowest BCUT2D eigenvalue weighted by molar-refractivity contribution is 0.490. The largest absolute Gasteiger partial charge is 0.361 e. The molecule has 0 amide bonds. The molecule has 132 valence electrons. The van der Waals surface area contributed by atoms with Crippen molar-refractivity contribution in [2.24, 2.45) is 0 Å². The number of hydrogen-bond acceptors (Lipinski definition) is 5. The van der Waals surface area contributed by atoms with Crippen molar-refractivity contribution in [1.29, 1.82) is 0 Å². The third-order valence-electron chi connectivity index (χ3n) is 3.11. The average Bonchev–Trinajstić information content (AvgIpc) is 3.04. The van der Waals surface area contributed by atoms with Gasteiger partial charge in [0, 0.05) is 17.5 Å². The van der Waals surface area contributed by atoms with Crippen LogP contribution in [0, 0.1) is 0 Å². The van der Waals surface area contributed by atoms with Gasteiger partial charge in [0.1, 0.15) is 0 Å². The van der Waals surface area contributed by atoms with Gasteiger partial charge < -0.3 is 5.32 Å². The van der Waals surface area contributed by atoms with Crippen molar-refractivity contribution < 1.29 is 13.0 Å². The van der Waals surface area contributed by atoms with Crippen LogP contribution in [-0.2, 0) is 16.5 Å². The highest BCUT2D eigenvalue weighted by atomic mass is 32.2. The fraction of sp³-hybridized carbons (Fsp3) is 0.167. The Morgan fingerprint density at radius 2 is 1.60 bits per heavy atom. The summed E-state index contributed by atoms with van der Waals surface area (Å²) in [4.78, 5) is 4.62. The second-order valence-electron chi connectivity index (χ2n) is 5.30. The standard InChI is InChI=1S/C17H16N2S.CH4O3S/c1-3-7-14(8-4-1)11-12-18-17-19-16(13-20-17)15-9-5-2-6-10-15;1-5(2,3)4/h1-10,13H,11-12H2,(H,18,19);1H3,(H,2,3,4). The SMILES string of the molecule is CS(=O)(=O)O.c1ccc(CCNc2nc(-c3ccccc3)cs2)cc1. The zero-order valence-electron chi connectivity index (χ0n) is 13.8. The van der Waals surface area contributed by atoms with Gasteiger partial charge in [0.15, 0.2) is 5.13 Å². The lowest BCUT2D eigenvalue weighted by Crippen LogP contribution is -2.04. The van der Waals surface area contributed by atoms with E-state index in [1.54, 1.807) is 11.3 Å². The lowest BCUT2D eigenvalue weighted by Gasteiger charge is -2.02. The van der Waals surface area contributed by atoms with Gasteiger partial charge in [0.2, 0.25) is 0 Å². The molecule has 1 heterocycles. The van der Waals surface area contributed by atoms with Gasteiger partial charge >= 0.3 is 0 Å². The summed E-state index contributed by atoms with van der Waals surface area (Å²) in [6, 6.07) is 20.8. The van der Waals surface area contributed by atoms with E-state index < -0.39 is 10.1 Å². The van der Waals surface area contributed by atoms with E-state index in [1.165, 1.54) is 11.1 Å². The average molecular weight is 377 g/mol. The molecule has 3 aromatic rings. The van der Waals surface area contributed by atoms with E-state index >= 15 is 0 Å². The molecular formula is C18H20N2O3S2. The Morgan fingerprint density at radius 3 is 2.20 bits per heavy atom. The Balaban J connectivity index is 0.000000399. The smallest absolute Gasteiger partial charge is 0.261 e. The van der Waals surface area contributed by atoms with Crippen molar-refractivity contribution in [2.75, 3.05) is 18.1 Å². The van der Waals surface area contributed by atoms with Gasteiger partial charge in [-0.25, -0.2) is 4.98 Å². The van der Waals surface area contributed by atoms with Gasteiger partial charge in [-0.05, 0) is 12.0 Å². The number of thiazole rings is 1. The van der Waals surface area contributed by atoms with Crippen molar-refractivity contribution in [2.45, 2.75) is 6.42 Å². The molecule has 0 atom stereocenters. The van der Waals surface area contributed by atoms with E-state index in [-0.39, 0.29) is 0 Å². The summed E-state index contributed by atoms with van der Waals surface area (Å²) in [5.74, 6) is 0. The molecule has 1 aromatic heterocycles. The highest BCUT2D eigenvalue weighted by Crippen LogP contribution is 2.24. The number of nitrogens with one attached hydrogen (secondary N) is 1. The Kier molecular flexibility index (Phi) is 7.12. The molecule has 0 aliphatic carbocycles. The van der Waals surface area contributed by atoms with Crippen LogP contribution in [0.15, 0.2) is 66.0 Å². The zero-order chi connectivity index (χ0) is 18.1. The van der Waals surface area contributed by atoms with Crippen molar-refractivity contribution in [3.8, 4) is 11.3 Å². The fourth-order valence-electron chi connectivity index (χ4n) is 2.05. The van der Waals surface area contributed by atoms with E-state index in [9.17, 15) is 8.42 Å². The topological polar surface area (TPSA) is 79.3 Å². The summed E-state index contributed by atoms with van der Waals surface area (Å²) in [6.45, 7) is 0.908. The third-order valence-corrected chi connectivity index (χ3v) is 3.91. The van der Waals surface area contributed by atoms with Crippen LogP contribution in [0.1, 0.15) is 5.56 Å². The Morgan fingerprint density at radius 1 is 1.04 bits per heavy atom. The molecule has 7 heteroatoms. The van der Waals surface area contributed by atoms with E-state index in [1.807, 2.05) is 24.3 Å². The molecule has 3 rings (SSSR count). The summed E-state index contributed by atoms with van der Waals surface area (Å²) < 4.78 is 25.9. The number of benzene rings is 2. The quantitative estimate of drug-likeness (QED) is 0.659. The number of rotatable bonds is 5. The number of hydrogen-bond donors (Lipinski definition) is 2. The van der Waals surface area contributed by atoms with E-state index in [0.29, 0.717) is 6.26 Å². The molecule has 2 aromatic carbocycles. The van der Waals surface area contributed by atoms with Gasteiger partial charge in [-0.2, -0.15) is 8.42 Å². The van der Waals surface area contributed by atoms with Gasteiger partial charge in [-0.15, -0.1) is 11.3 Å². The Labute approximate surface area is 152 Å². The Bertz CT molecular complexity index is 856.